The SMILES string of the molecule is COc1ccc(C(=O)N2C(C(=O)NCc3ccncc3)CSC2c2ccc(C(C)(C)C)cc2)cc1. The molecule has 7 heteroatoms. The van der Waals surface area contributed by atoms with Crippen LogP contribution >= 0.6 is 11.8 Å². The fourth-order valence-electron chi connectivity index (χ4n) is 4.05. The first kappa shape index (κ1) is 24.8. The van der Waals surface area contributed by atoms with Gasteiger partial charge in [0.1, 0.15) is 17.2 Å². The quantitative estimate of drug-likeness (QED) is 0.530. The Labute approximate surface area is 211 Å². The minimum absolute atomic E-state index is 0.0370. The van der Waals surface area contributed by atoms with Gasteiger partial charge in [0.15, 0.2) is 0 Å². The molecule has 1 saturated heterocycles. The first-order valence-electron chi connectivity index (χ1n) is 11.6. The fourth-order valence-corrected chi connectivity index (χ4v) is 5.48. The fraction of sp³-hybridized carbons (Fsp3) is 0.321. The van der Waals surface area contributed by atoms with Gasteiger partial charge >= 0.3 is 0 Å². The molecule has 0 bridgehead atoms. The van der Waals surface area contributed by atoms with Crippen molar-refractivity contribution < 1.29 is 14.3 Å². The Balaban J connectivity index is 1.61. The zero-order valence-corrected chi connectivity index (χ0v) is 21.3. The van der Waals surface area contributed by atoms with Gasteiger partial charge in [-0.3, -0.25) is 14.6 Å². The minimum atomic E-state index is -0.580. The Morgan fingerprint density at radius 1 is 1.03 bits per heavy atom. The molecule has 2 heterocycles. The lowest BCUT2D eigenvalue weighted by molar-refractivity contribution is -0.125. The molecule has 0 aliphatic carbocycles. The number of methoxy groups -OCH3 is 1. The average molecular weight is 490 g/mol. The van der Waals surface area contributed by atoms with Crippen LogP contribution in [0.15, 0.2) is 73.1 Å². The zero-order valence-electron chi connectivity index (χ0n) is 20.5. The largest absolute Gasteiger partial charge is 0.497 e. The molecule has 1 fully saturated rings. The van der Waals surface area contributed by atoms with E-state index in [9.17, 15) is 9.59 Å². The molecule has 2 amide bonds. The number of carbonyl (C=O) groups excluding carboxylic acids is 2. The number of nitrogens with zero attached hydrogens (tertiary/aromatic N) is 2. The average Bonchev–Trinajstić information content (AvgIpc) is 3.32. The number of aromatic nitrogens is 1. The molecule has 2 aromatic carbocycles. The Morgan fingerprint density at radius 3 is 2.29 bits per heavy atom. The van der Waals surface area contributed by atoms with Gasteiger partial charge in [0.05, 0.1) is 7.11 Å². The zero-order chi connectivity index (χ0) is 25.0. The minimum Gasteiger partial charge on any atom is -0.497 e. The van der Waals surface area contributed by atoms with E-state index >= 15 is 0 Å². The van der Waals surface area contributed by atoms with Gasteiger partial charge in [-0.2, -0.15) is 0 Å². The summed E-state index contributed by atoms with van der Waals surface area (Å²) in [6.07, 6.45) is 3.40. The van der Waals surface area contributed by atoms with E-state index in [1.54, 1.807) is 60.4 Å². The van der Waals surface area contributed by atoms with Crippen LogP contribution in [0.3, 0.4) is 0 Å². The number of ether oxygens (including phenoxy) is 1. The van der Waals surface area contributed by atoms with Gasteiger partial charge < -0.3 is 15.0 Å². The van der Waals surface area contributed by atoms with Crippen LogP contribution in [0.25, 0.3) is 0 Å². The van der Waals surface area contributed by atoms with Crippen molar-refractivity contribution in [1.82, 2.24) is 15.2 Å². The standard InChI is InChI=1S/C28H31N3O3S/c1-28(2,3)22-9-5-21(6-10-22)27-31(26(33)20-7-11-23(34-4)12-8-20)24(18-35-27)25(32)30-17-19-13-15-29-16-14-19/h5-16,24,27H,17-18H2,1-4H3,(H,30,32). The topological polar surface area (TPSA) is 71.5 Å². The maximum atomic E-state index is 13.7. The van der Waals surface area contributed by atoms with Crippen LogP contribution < -0.4 is 10.1 Å². The smallest absolute Gasteiger partial charge is 0.255 e. The number of amides is 2. The number of hydrogen-bond donors (Lipinski definition) is 1. The molecule has 182 valence electrons. The Hall–Kier alpha value is -3.32. The molecule has 1 aliphatic heterocycles. The molecule has 0 saturated carbocycles. The molecule has 6 nitrogen and oxygen atoms in total. The monoisotopic (exact) mass is 489 g/mol. The highest BCUT2D eigenvalue weighted by Crippen LogP contribution is 2.43. The van der Waals surface area contributed by atoms with Gasteiger partial charge in [-0.05, 0) is 58.5 Å². The summed E-state index contributed by atoms with van der Waals surface area (Å²) in [5.74, 6) is 0.866. The maximum absolute atomic E-state index is 13.7. The van der Waals surface area contributed by atoms with Crippen molar-refractivity contribution in [3.05, 3.63) is 95.3 Å². The third-order valence-corrected chi connectivity index (χ3v) is 7.48. The van der Waals surface area contributed by atoms with E-state index in [4.69, 9.17) is 4.74 Å². The first-order chi connectivity index (χ1) is 16.8. The Kier molecular flexibility index (Phi) is 7.45. The van der Waals surface area contributed by atoms with Gasteiger partial charge in [-0.25, -0.2) is 0 Å². The third-order valence-electron chi connectivity index (χ3n) is 6.15. The summed E-state index contributed by atoms with van der Waals surface area (Å²) in [4.78, 5) is 32.7. The maximum Gasteiger partial charge on any atom is 0.255 e. The molecule has 1 aliphatic rings. The van der Waals surface area contributed by atoms with E-state index in [0.717, 1.165) is 11.1 Å². The van der Waals surface area contributed by atoms with Crippen molar-refractivity contribution in [1.29, 1.82) is 0 Å². The molecular weight excluding hydrogens is 458 g/mol. The Morgan fingerprint density at radius 2 is 1.69 bits per heavy atom. The lowest BCUT2D eigenvalue weighted by Gasteiger charge is -2.30. The van der Waals surface area contributed by atoms with Crippen molar-refractivity contribution >= 4 is 23.6 Å². The van der Waals surface area contributed by atoms with E-state index < -0.39 is 6.04 Å². The second kappa shape index (κ2) is 10.5. The molecule has 2 atom stereocenters. The molecule has 2 unspecified atom stereocenters. The third kappa shape index (κ3) is 5.68. The summed E-state index contributed by atoms with van der Waals surface area (Å²) in [5.41, 5.74) is 3.76. The van der Waals surface area contributed by atoms with E-state index in [1.165, 1.54) is 5.56 Å². The van der Waals surface area contributed by atoms with Gasteiger partial charge in [0, 0.05) is 30.3 Å². The van der Waals surface area contributed by atoms with E-state index in [0.29, 0.717) is 23.6 Å². The number of nitrogens with one attached hydrogen (secondary N) is 1. The number of thioether (sulfide) groups is 1. The summed E-state index contributed by atoms with van der Waals surface area (Å²) in [5, 5.41) is 2.75. The van der Waals surface area contributed by atoms with E-state index in [1.807, 2.05) is 12.1 Å². The number of carbonyl (C=O) groups is 2. The van der Waals surface area contributed by atoms with E-state index in [2.05, 4.69) is 55.3 Å². The van der Waals surface area contributed by atoms with Crippen molar-refractivity contribution in [2.24, 2.45) is 0 Å². The number of benzene rings is 2. The normalized spacial score (nSPS) is 17.8. The molecule has 0 spiro atoms. The van der Waals surface area contributed by atoms with Crippen LogP contribution in [0.4, 0.5) is 0 Å². The molecule has 1 aromatic heterocycles. The van der Waals surface area contributed by atoms with Crippen LogP contribution in [0, 0.1) is 0 Å². The lowest BCUT2D eigenvalue weighted by atomic mass is 9.86. The van der Waals surface area contributed by atoms with Crippen molar-refractivity contribution in [2.45, 2.75) is 44.1 Å². The van der Waals surface area contributed by atoms with Crippen molar-refractivity contribution in [3.8, 4) is 5.75 Å². The molecule has 3 aromatic rings. The molecular formula is C28H31N3O3S. The molecule has 0 radical (unpaired) electrons. The highest BCUT2D eigenvalue weighted by molar-refractivity contribution is 7.99. The van der Waals surface area contributed by atoms with Crippen LogP contribution in [-0.2, 0) is 16.8 Å². The first-order valence-corrected chi connectivity index (χ1v) is 12.7. The predicted octanol–water partition coefficient (Wildman–Crippen LogP) is 4.96. The van der Waals surface area contributed by atoms with Gasteiger partial charge in [-0.15, -0.1) is 11.8 Å². The summed E-state index contributed by atoms with van der Waals surface area (Å²) >= 11 is 1.62. The highest BCUT2D eigenvalue weighted by atomic mass is 32.2. The van der Waals surface area contributed by atoms with Gasteiger partial charge in [0.2, 0.25) is 5.91 Å². The second-order valence-electron chi connectivity index (χ2n) is 9.59. The Bertz CT molecular complexity index is 1160. The van der Waals surface area contributed by atoms with Crippen molar-refractivity contribution in [2.75, 3.05) is 12.9 Å². The molecule has 35 heavy (non-hydrogen) atoms. The highest BCUT2D eigenvalue weighted by Gasteiger charge is 2.42. The van der Waals surface area contributed by atoms with Gasteiger partial charge in [-0.1, -0.05) is 45.0 Å². The number of pyridine rings is 1. The summed E-state index contributed by atoms with van der Waals surface area (Å²) in [6.45, 7) is 6.91. The number of hydrogen-bond acceptors (Lipinski definition) is 5. The van der Waals surface area contributed by atoms with Crippen LogP contribution in [0.1, 0.15) is 53.2 Å². The van der Waals surface area contributed by atoms with Crippen LogP contribution in [0.5, 0.6) is 5.75 Å². The molecule has 4 rings (SSSR count). The van der Waals surface area contributed by atoms with Gasteiger partial charge in [0.25, 0.3) is 5.91 Å². The summed E-state index contributed by atoms with van der Waals surface area (Å²) in [6, 6.07) is 18.5. The van der Waals surface area contributed by atoms with Crippen molar-refractivity contribution in [3.63, 3.8) is 0 Å². The summed E-state index contributed by atoms with van der Waals surface area (Å²) in [7, 11) is 1.59. The van der Waals surface area contributed by atoms with E-state index in [-0.39, 0.29) is 22.6 Å². The second-order valence-corrected chi connectivity index (χ2v) is 10.7. The van der Waals surface area contributed by atoms with Crippen LogP contribution in [-0.4, -0.2) is 40.6 Å². The molecule has 1 N–H and O–H groups in total. The summed E-state index contributed by atoms with van der Waals surface area (Å²) < 4.78 is 5.24. The number of rotatable bonds is 6. The van der Waals surface area contributed by atoms with Crippen LogP contribution in [0.2, 0.25) is 0 Å². The predicted molar refractivity (Wildman–Crippen MR) is 139 cm³/mol. The lowest BCUT2D eigenvalue weighted by Crippen LogP contribution is -2.47.